The first kappa shape index (κ1) is 17.7. The summed E-state index contributed by atoms with van der Waals surface area (Å²) in [5, 5.41) is 6.69. The molecule has 134 valence electrons. The summed E-state index contributed by atoms with van der Waals surface area (Å²) < 4.78 is 19.2. The zero-order valence-electron chi connectivity index (χ0n) is 14.2. The van der Waals surface area contributed by atoms with Crippen molar-refractivity contribution >= 4 is 29.1 Å². The third-order valence-electron chi connectivity index (χ3n) is 4.21. The Bertz CT molecular complexity index is 737. The second-order valence-corrected chi connectivity index (χ2v) is 6.49. The van der Waals surface area contributed by atoms with E-state index < -0.39 is 5.82 Å². The topological polar surface area (TPSA) is 62.3 Å². The quantitative estimate of drug-likeness (QED) is 0.845. The molecular formula is C17H21ClFN5O. The van der Waals surface area contributed by atoms with E-state index in [1.54, 1.807) is 25.3 Å². The molecule has 1 aromatic heterocycles. The highest BCUT2D eigenvalue weighted by Crippen LogP contribution is 2.28. The fraction of sp³-hybridized carbons (Fsp3) is 0.412. The van der Waals surface area contributed by atoms with Gasteiger partial charge in [-0.2, -0.15) is 4.98 Å². The lowest BCUT2D eigenvalue weighted by atomic mass is 10.1. The maximum atomic E-state index is 14.0. The number of aromatic nitrogens is 2. The zero-order chi connectivity index (χ0) is 17.8. The van der Waals surface area contributed by atoms with Crippen LogP contribution in [0.3, 0.4) is 0 Å². The molecule has 0 amide bonds. The lowest BCUT2D eigenvalue weighted by Crippen LogP contribution is -2.37. The molecular weight excluding hydrogens is 345 g/mol. The van der Waals surface area contributed by atoms with Crippen LogP contribution in [0.5, 0.6) is 5.75 Å². The Morgan fingerprint density at radius 1 is 1.32 bits per heavy atom. The van der Waals surface area contributed by atoms with E-state index in [9.17, 15) is 4.39 Å². The molecule has 1 fully saturated rings. The van der Waals surface area contributed by atoms with Crippen molar-refractivity contribution in [2.75, 3.05) is 37.9 Å². The van der Waals surface area contributed by atoms with Gasteiger partial charge in [-0.1, -0.05) is 11.6 Å². The zero-order valence-corrected chi connectivity index (χ0v) is 15.0. The average molecular weight is 366 g/mol. The Kier molecular flexibility index (Phi) is 5.55. The molecule has 0 aliphatic carbocycles. The molecule has 1 aliphatic heterocycles. The van der Waals surface area contributed by atoms with Gasteiger partial charge in [-0.25, -0.2) is 9.37 Å². The molecule has 1 aromatic carbocycles. The summed E-state index contributed by atoms with van der Waals surface area (Å²) in [7, 11) is 3.64. The molecule has 6 nitrogen and oxygen atoms in total. The van der Waals surface area contributed by atoms with Gasteiger partial charge in [0.2, 0.25) is 5.95 Å². The number of anilines is 3. The first-order valence-corrected chi connectivity index (χ1v) is 8.51. The number of methoxy groups -OCH3 is 1. The predicted molar refractivity (Wildman–Crippen MR) is 97.4 cm³/mol. The van der Waals surface area contributed by atoms with Crippen molar-refractivity contribution in [3.63, 3.8) is 0 Å². The molecule has 0 bridgehead atoms. The lowest BCUT2D eigenvalue weighted by molar-refractivity contribution is 0.263. The number of ether oxygens (including phenoxy) is 1. The van der Waals surface area contributed by atoms with Crippen LogP contribution >= 0.6 is 11.6 Å². The number of piperidine rings is 1. The minimum Gasteiger partial charge on any atom is -0.495 e. The molecule has 25 heavy (non-hydrogen) atoms. The van der Waals surface area contributed by atoms with Crippen molar-refractivity contribution in [1.82, 2.24) is 14.9 Å². The second-order valence-electron chi connectivity index (χ2n) is 6.09. The molecule has 0 saturated carbocycles. The van der Waals surface area contributed by atoms with E-state index in [0.717, 1.165) is 32.1 Å². The number of nitrogens with zero attached hydrogens (tertiary/aromatic N) is 3. The van der Waals surface area contributed by atoms with Crippen molar-refractivity contribution in [1.29, 1.82) is 0 Å². The summed E-state index contributed by atoms with van der Waals surface area (Å²) in [5.41, 5.74) is 0.697. The van der Waals surface area contributed by atoms with E-state index in [1.807, 2.05) is 0 Å². The normalized spacial score (nSPS) is 15.8. The molecule has 1 saturated heterocycles. The highest BCUT2D eigenvalue weighted by atomic mass is 35.5. The Hall–Kier alpha value is -2.12. The fourth-order valence-electron chi connectivity index (χ4n) is 2.75. The van der Waals surface area contributed by atoms with Crippen LogP contribution in [0.15, 0.2) is 24.4 Å². The van der Waals surface area contributed by atoms with Crippen LogP contribution in [0.1, 0.15) is 12.8 Å². The summed E-state index contributed by atoms with van der Waals surface area (Å²) in [6, 6.07) is 5.45. The van der Waals surface area contributed by atoms with Crippen LogP contribution in [-0.4, -0.2) is 48.2 Å². The van der Waals surface area contributed by atoms with Crippen molar-refractivity contribution in [3.8, 4) is 5.75 Å². The first-order valence-electron chi connectivity index (χ1n) is 8.13. The number of halogens is 2. The van der Waals surface area contributed by atoms with Gasteiger partial charge in [0, 0.05) is 11.7 Å². The van der Waals surface area contributed by atoms with Crippen molar-refractivity contribution in [2.45, 2.75) is 18.9 Å². The molecule has 2 aromatic rings. The van der Waals surface area contributed by atoms with Gasteiger partial charge in [0.05, 0.1) is 18.3 Å². The molecule has 0 radical (unpaired) electrons. The fourth-order valence-corrected chi connectivity index (χ4v) is 3.01. The lowest BCUT2D eigenvalue weighted by Gasteiger charge is -2.29. The van der Waals surface area contributed by atoms with Gasteiger partial charge in [-0.15, -0.1) is 0 Å². The van der Waals surface area contributed by atoms with E-state index in [2.05, 4.69) is 32.5 Å². The summed E-state index contributed by atoms with van der Waals surface area (Å²) >= 11 is 6.11. The van der Waals surface area contributed by atoms with Gasteiger partial charge in [-0.05, 0) is 51.2 Å². The van der Waals surface area contributed by atoms with Crippen molar-refractivity contribution in [2.24, 2.45) is 0 Å². The Morgan fingerprint density at radius 2 is 2.08 bits per heavy atom. The minimum absolute atomic E-state index is 0.212. The predicted octanol–water partition coefficient (Wildman–Crippen LogP) is 3.53. The molecule has 2 N–H and O–H groups in total. The Morgan fingerprint density at radius 3 is 2.76 bits per heavy atom. The first-order chi connectivity index (χ1) is 12.0. The average Bonchev–Trinajstić information content (AvgIpc) is 2.60. The number of hydrogen-bond donors (Lipinski definition) is 2. The molecule has 0 unspecified atom stereocenters. The van der Waals surface area contributed by atoms with Crippen LogP contribution in [0.2, 0.25) is 5.02 Å². The molecule has 0 spiro atoms. The third kappa shape index (κ3) is 4.49. The van der Waals surface area contributed by atoms with E-state index in [-0.39, 0.29) is 11.9 Å². The Balaban J connectivity index is 1.71. The van der Waals surface area contributed by atoms with Gasteiger partial charge in [0.25, 0.3) is 0 Å². The van der Waals surface area contributed by atoms with E-state index in [4.69, 9.17) is 16.3 Å². The summed E-state index contributed by atoms with van der Waals surface area (Å²) in [6.45, 7) is 1.97. The van der Waals surface area contributed by atoms with Crippen LogP contribution < -0.4 is 15.4 Å². The van der Waals surface area contributed by atoms with E-state index in [1.165, 1.54) is 0 Å². The van der Waals surface area contributed by atoms with Gasteiger partial charge < -0.3 is 20.3 Å². The van der Waals surface area contributed by atoms with Crippen LogP contribution in [0.25, 0.3) is 0 Å². The SMILES string of the molecule is COc1ccc(Nc2ncc(F)c(NC3CCN(C)CC3)n2)cc1Cl. The second kappa shape index (κ2) is 7.84. The third-order valence-corrected chi connectivity index (χ3v) is 4.51. The van der Waals surface area contributed by atoms with Gasteiger partial charge in [0.1, 0.15) is 5.75 Å². The number of likely N-dealkylation sites (tertiary alicyclic amines) is 1. The molecule has 2 heterocycles. The maximum absolute atomic E-state index is 14.0. The van der Waals surface area contributed by atoms with Crippen LogP contribution in [0.4, 0.5) is 21.8 Å². The van der Waals surface area contributed by atoms with E-state index in [0.29, 0.717) is 22.4 Å². The van der Waals surface area contributed by atoms with Gasteiger partial charge in [0.15, 0.2) is 11.6 Å². The standard InChI is InChI=1S/C17H21ClFN5O/c1-24-7-5-11(6-8-24)21-16-14(19)10-20-17(23-16)22-12-3-4-15(25-2)13(18)9-12/h3-4,9-11H,5-8H2,1-2H3,(H2,20,21,22,23). The Labute approximate surface area is 151 Å². The number of nitrogens with one attached hydrogen (secondary N) is 2. The highest BCUT2D eigenvalue weighted by Gasteiger charge is 2.18. The van der Waals surface area contributed by atoms with Crippen molar-refractivity contribution < 1.29 is 9.13 Å². The van der Waals surface area contributed by atoms with Crippen molar-refractivity contribution in [3.05, 3.63) is 35.2 Å². The highest BCUT2D eigenvalue weighted by molar-refractivity contribution is 6.32. The monoisotopic (exact) mass is 365 g/mol. The van der Waals surface area contributed by atoms with Crippen LogP contribution in [-0.2, 0) is 0 Å². The maximum Gasteiger partial charge on any atom is 0.229 e. The van der Waals surface area contributed by atoms with Gasteiger partial charge >= 0.3 is 0 Å². The summed E-state index contributed by atoms with van der Waals surface area (Å²) in [6.07, 6.45) is 3.07. The summed E-state index contributed by atoms with van der Waals surface area (Å²) in [5.74, 6) is 0.638. The smallest absolute Gasteiger partial charge is 0.229 e. The molecule has 8 heteroatoms. The number of hydrogen-bond acceptors (Lipinski definition) is 6. The molecule has 1 aliphatic rings. The number of rotatable bonds is 5. The molecule has 3 rings (SSSR count). The summed E-state index contributed by atoms with van der Waals surface area (Å²) in [4.78, 5) is 10.5. The minimum atomic E-state index is -0.461. The van der Waals surface area contributed by atoms with E-state index >= 15 is 0 Å². The van der Waals surface area contributed by atoms with Crippen LogP contribution in [0, 0.1) is 5.82 Å². The van der Waals surface area contributed by atoms with Gasteiger partial charge in [-0.3, -0.25) is 0 Å². The largest absolute Gasteiger partial charge is 0.495 e. The molecule has 0 atom stereocenters. The number of benzene rings is 1.